The molecule has 6 nitrogen and oxygen atoms in total. The normalized spacial score (nSPS) is 11.6. The van der Waals surface area contributed by atoms with E-state index in [1.807, 2.05) is 0 Å². The molecule has 0 aliphatic heterocycles. The van der Waals surface area contributed by atoms with Gasteiger partial charge in [0, 0.05) is 10.0 Å². The summed E-state index contributed by atoms with van der Waals surface area (Å²) in [5.74, 6) is -2.70. The maximum atomic E-state index is 11.9. The number of carbonyl (C=O) groups excluding carboxylic acids is 2. The van der Waals surface area contributed by atoms with Crippen LogP contribution in [-0.2, 0) is 14.3 Å². The largest absolute Gasteiger partial charge is 0.480 e. The van der Waals surface area contributed by atoms with Gasteiger partial charge in [0.25, 0.3) is 5.91 Å². The van der Waals surface area contributed by atoms with Gasteiger partial charge in [0.15, 0.2) is 0 Å². The number of carboxylic acids is 1. The molecule has 20 heavy (non-hydrogen) atoms. The van der Waals surface area contributed by atoms with Crippen LogP contribution in [0.25, 0.3) is 0 Å². The molecule has 0 saturated heterocycles. The number of rotatable bonds is 5. The lowest BCUT2D eigenvalue weighted by Gasteiger charge is -2.13. The molecule has 0 bridgehead atoms. The number of ether oxygens (including phenoxy) is 1. The third-order valence-electron chi connectivity index (χ3n) is 2.38. The van der Waals surface area contributed by atoms with Crippen LogP contribution in [0.4, 0.5) is 0 Å². The summed E-state index contributed by atoms with van der Waals surface area (Å²) in [7, 11) is 1.14. The van der Waals surface area contributed by atoms with Crippen molar-refractivity contribution in [3.63, 3.8) is 0 Å². The van der Waals surface area contributed by atoms with Crippen LogP contribution in [0, 0.1) is 0 Å². The summed E-state index contributed by atoms with van der Waals surface area (Å²) >= 11 is 9.02. The summed E-state index contributed by atoms with van der Waals surface area (Å²) in [5.41, 5.74) is 0.189. The van der Waals surface area contributed by atoms with Crippen molar-refractivity contribution in [2.75, 3.05) is 7.11 Å². The molecule has 1 aromatic rings. The van der Waals surface area contributed by atoms with Crippen molar-refractivity contribution in [2.45, 2.75) is 12.5 Å². The summed E-state index contributed by atoms with van der Waals surface area (Å²) in [4.78, 5) is 34.0. The van der Waals surface area contributed by atoms with Crippen LogP contribution in [0.5, 0.6) is 0 Å². The van der Waals surface area contributed by atoms with Gasteiger partial charge in [0.05, 0.1) is 18.6 Å². The Labute approximate surface area is 128 Å². The van der Waals surface area contributed by atoms with Gasteiger partial charge in [-0.15, -0.1) is 0 Å². The first-order valence-corrected chi connectivity index (χ1v) is 6.57. The fraction of sp³-hybridized carbons (Fsp3) is 0.250. The Hall–Kier alpha value is -1.60. The van der Waals surface area contributed by atoms with Crippen LogP contribution in [0.2, 0.25) is 5.02 Å². The number of hydrogen-bond donors (Lipinski definition) is 2. The highest BCUT2D eigenvalue weighted by atomic mass is 79.9. The van der Waals surface area contributed by atoms with Gasteiger partial charge >= 0.3 is 11.9 Å². The molecule has 0 aliphatic carbocycles. The lowest BCUT2D eigenvalue weighted by molar-refractivity contribution is -0.147. The summed E-state index contributed by atoms with van der Waals surface area (Å²) < 4.78 is 4.98. The van der Waals surface area contributed by atoms with Crippen molar-refractivity contribution in [3.05, 3.63) is 33.3 Å². The number of carboxylic acid groups (broad SMARTS) is 1. The molecule has 8 heteroatoms. The lowest BCUT2D eigenvalue weighted by atomic mass is 10.1. The van der Waals surface area contributed by atoms with E-state index < -0.39 is 30.3 Å². The molecule has 0 unspecified atom stereocenters. The molecule has 108 valence electrons. The third kappa shape index (κ3) is 4.50. The average molecular weight is 365 g/mol. The van der Waals surface area contributed by atoms with E-state index in [-0.39, 0.29) is 5.56 Å². The number of nitrogens with one attached hydrogen (secondary N) is 1. The molecule has 1 atom stereocenters. The van der Waals surface area contributed by atoms with Gasteiger partial charge in [-0.05, 0) is 34.1 Å². The Morgan fingerprint density at radius 2 is 2.10 bits per heavy atom. The first kappa shape index (κ1) is 16.5. The molecular weight excluding hydrogens is 353 g/mol. The van der Waals surface area contributed by atoms with Gasteiger partial charge in [-0.2, -0.15) is 0 Å². The van der Waals surface area contributed by atoms with E-state index in [9.17, 15) is 14.4 Å². The highest BCUT2D eigenvalue weighted by Crippen LogP contribution is 2.23. The van der Waals surface area contributed by atoms with Crippen molar-refractivity contribution >= 4 is 45.4 Å². The quantitative estimate of drug-likeness (QED) is 0.778. The second-order valence-electron chi connectivity index (χ2n) is 3.77. The van der Waals surface area contributed by atoms with Crippen LogP contribution in [-0.4, -0.2) is 36.1 Å². The molecule has 2 N–H and O–H groups in total. The molecule has 0 aromatic heterocycles. The summed E-state index contributed by atoms with van der Waals surface area (Å²) in [6, 6.07) is 3.06. The highest BCUT2D eigenvalue weighted by Gasteiger charge is 2.24. The molecule has 0 radical (unpaired) electrons. The Morgan fingerprint density at radius 3 is 2.60 bits per heavy atom. The Balaban J connectivity index is 2.82. The summed E-state index contributed by atoms with van der Waals surface area (Å²) in [5, 5.41) is 11.5. The molecule has 0 heterocycles. The number of carbonyl (C=O) groups is 3. The van der Waals surface area contributed by atoms with Gasteiger partial charge < -0.3 is 15.2 Å². The van der Waals surface area contributed by atoms with Gasteiger partial charge in [-0.3, -0.25) is 9.59 Å². The number of methoxy groups -OCH3 is 1. The summed E-state index contributed by atoms with van der Waals surface area (Å²) in [6.45, 7) is 0. The Kier molecular flexibility index (Phi) is 5.97. The zero-order chi connectivity index (χ0) is 15.3. The van der Waals surface area contributed by atoms with Crippen molar-refractivity contribution in [1.29, 1.82) is 0 Å². The molecular formula is C12H11BrClNO5. The van der Waals surface area contributed by atoms with E-state index in [0.717, 1.165) is 7.11 Å². The van der Waals surface area contributed by atoms with Crippen LogP contribution in [0.15, 0.2) is 22.7 Å². The zero-order valence-electron chi connectivity index (χ0n) is 10.4. The maximum Gasteiger partial charge on any atom is 0.326 e. The minimum absolute atomic E-state index is 0.189. The summed E-state index contributed by atoms with van der Waals surface area (Å²) in [6.07, 6.45) is -0.457. The van der Waals surface area contributed by atoms with Crippen molar-refractivity contribution in [3.8, 4) is 0 Å². The smallest absolute Gasteiger partial charge is 0.326 e. The fourth-order valence-corrected chi connectivity index (χ4v) is 1.76. The predicted octanol–water partition coefficient (Wildman–Crippen LogP) is 1.85. The van der Waals surface area contributed by atoms with Crippen molar-refractivity contribution < 1.29 is 24.2 Å². The van der Waals surface area contributed by atoms with E-state index in [1.54, 1.807) is 6.07 Å². The molecule has 0 aliphatic rings. The minimum Gasteiger partial charge on any atom is -0.480 e. The molecule has 1 aromatic carbocycles. The minimum atomic E-state index is -1.36. The van der Waals surface area contributed by atoms with Crippen LogP contribution in [0.3, 0.4) is 0 Å². The van der Waals surface area contributed by atoms with E-state index >= 15 is 0 Å². The number of esters is 1. The second kappa shape index (κ2) is 7.25. The molecule has 1 rings (SSSR count). The third-order valence-corrected chi connectivity index (χ3v) is 3.62. The standard InChI is InChI=1S/C12H11BrClNO5/c1-20-10(16)5-9(12(18)19)15-11(17)6-2-3-7(13)8(14)4-6/h2-4,9H,5H2,1H3,(H,15,17)(H,18,19)/t9-/m0/s1. The SMILES string of the molecule is COC(=O)C[C@H](NC(=O)c1ccc(Br)c(Cl)c1)C(=O)O. The van der Waals surface area contributed by atoms with Crippen molar-refractivity contribution in [2.24, 2.45) is 0 Å². The predicted molar refractivity (Wildman–Crippen MR) is 74.7 cm³/mol. The second-order valence-corrected chi connectivity index (χ2v) is 5.03. The fourth-order valence-electron chi connectivity index (χ4n) is 1.33. The molecule has 0 fully saturated rings. The number of halogens is 2. The highest BCUT2D eigenvalue weighted by molar-refractivity contribution is 9.10. The maximum absolute atomic E-state index is 11.9. The zero-order valence-corrected chi connectivity index (χ0v) is 12.7. The molecule has 1 amide bonds. The average Bonchev–Trinajstić information content (AvgIpc) is 2.40. The lowest BCUT2D eigenvalue weighted by Crippen LogP contribution is -2.42. The number of aliphatic carboxylic acids is 1. The topological polar surface area (TPSA) is 92.7 Å². The van der Waals surface area contributed by atoms with Crippen LogP contribution in [0.1, 0.15) is 16.8 Å². The van der Waals surface area contributed by atoms with Gasteiger partial charge in [0.1, 0.15) is 6.04 Å². The Bertz CT molecular complexity index is 549. The van der Waals surface area contributed by atoms with Crippen LogP contribution < -0.4 is 5.32 Å². The van der Waals surface area contributed by atoms with Gasteiger partial charge in [-0.25, -0.2) is 4.79 Å². The van der Waals surface area contributed by atoms with E-state index in [2.05, 4.69) is 26.0 Å². The van der Waals surface area contributed by atoms with Crippen molar-refractivity contribution in [1.82, 2.24) is 5.32 Å². The Morgan fingerprint density at radius 1 is 1.45 bits per heavy atom. The number of amides is 1. The first-order valence-electron chi connectivity index (χ1n) is 5.40. The van der Waals surface area contributed by atoms with Crippen LogP contribution >= 0.6 is 27.5 Å². The molecule has 0 saturated carbocycles. The van der Waals surface area contributed by atoms with E-state index in [0.29, 0.717) is 9.50 Å². The van der Waals surface area contributed by atoms with Gasteiger partial charge in [-0.1, -0.05) is 11.6 Å². The monoisotopic (exact) mass is 363 g/mol. The van der Waals surface area contributed by atoms with E-state index in [1.165, 1.54) is 12.1 Å². The van der Waals surface area contributed by atoms with Gasteiger partial charge in [0.2, 0.25) is 0 Å². The number of benzene rings is 1. The molecule has 0 spiro atoms. The van der Waals surface area contributed by atoms with E-state index in [4.69, 9.17) is 16.7 Å². The number of hydrogen-bond acceptors (Lipinski definition) is 4. The first-order chi connectivity index (χ1) is 9.35.